The summed E-state index contributed by atoms with van der Waals surface area (Å²) in [6.45, 7) is 3.48. The molecule has 4 aromatic rings. The van der Waals surface area contributed by atoms with Gasteiger partial charge in [-0.1, -0.05) is 24.3 Å². The summed E-state index contributed by atoms with van der Waals surface area (Å²) in [5.74, 6) is 0.258. The maximum Gasteiger partial charge on any atom is 0.265 e. The van der Waals surface area contributed by atoms with Crippen LogP contribution in [-0.4, -0.2) is 28.9 Å². The molecule has 34 heavy (non-hydrogen) atoms. The number of thiazole rings is 1. The number of fused-ring (bicyclic) bond motifs is 2. The summed E-state index contributed by atoms with van der Waals surface area (Å²) in [6.07, 6.45) is 0.228. The largest absolute Gasteiger partial charge is 0.479 e. The second kappa shape index (κ2) is 9.15. The minimum absolute atomic E-state index is 0.162. The standard InChI is InChI=1S/C26H24N4O3S/c1-15(27-19-11-12-22-21(14-19)30-26(32)16(2)33-22)25(31)28-18-9-7-17(8-10-18)13-24-29-20-5-3-4-6-23(20)34-24/h3-12,14-16,27H,13H2,1-2H3,(H,28,31)(H,30,32). The Morgan fingerprint density at radius 2 is 1.88 bits per heavy atom. The van der Waals surface area contributed by atoms with E-state index in [1.54, 1.807) is 37.3 Å². The van der Waals surface area contributed by atoms with Crippen LogP contribution in [0, 0.1) is 0 Å². The Morgan fingerprint density at radius 3 is 2.68 bits per heavy atom. The number of rotatable bonds is 6. The van der Waals surface area contributed by atoms with Gasteiger partial charge in [0.05, 0.1) is 20.9 Å². The second-order valence-corrected chi connectivity index (χ2v) is 9.38. The fourth-order valence-corrected chi connectivity index (χ4v) is 4.74. The molecule has 8 heteroatoms. The van der Waals surface area contributed by atoms with Crippen molar-refractivity contribution in [3.05, 3.63) is 77.3 Å². The van der Waals surface area contributed by atoms with Crippen LogP contribution < -0.4 is 20.7 Å². The molecule has 0 bridgehead atoms. The summed E-state index contributed by atoms with van der Waals surface area (Å²) in [5.41, 5.74) is 4.19. The number of anilines is 3. The molecule has 0 saturated heterocycles. The van der Waals surface area contributed by atoms with E-state index in [1.807, 2.05) is 48.5 Å². The highest BCUT2D eigenvalue weighted by atomic mass is 32.1. The minimum Gasteiger partial charge on any atom is -0.479 e. The number of nitrogens with zero attached hydrogens (tertiary/aromatic N) is 1. The molecule has 3 aromatic carbocycles. The molecule has 0 aliphatic carbocycles. The Kier molecular flexibility index (Phi) is 5.90. The number of para-hydroxylation sites is 1. The number of nitrogens with one attached hydrogen (secondary N) is 3. The fraction of sp³-hybridized carbons (Fsp3) is 0.192. The van der Waals surface area contributed by atoms with E-state index in [-0.39, 0.29) is 11.8 Å². The molecule has 0 saturated carbocycles. The highest BCUT2D eigenvalue weighted by molar-refractivity contribution is 7.18. The van der Waals surface area contributed by atoms with E-state index in [0.717, 1.165) is 28.2 Å². The number of ether oxygens (including phenoxy) is 1. The summed E-state index contributed by atoms with van der Waals surface area (Å²) in [6, 6.07) is 20.8. The zero-order valence-corrected chi connectivity index (χ0v) is 19.6. The quantitative estimate of drug-likeness (QED) is 0.365. The minimum atomic E-state index is -0.524. The van der Waals surface area contributed by atoms with Crippen LogP contribution in [-0.2, 0) is 16.0 Å². The first kappa shape index (κ1) is 21.9. The van der Waals surface area contributed by atoms with Crippen LogP contribution in [0.5, 0.6) is 5.75 Å². The lowest BCUT2D eigenvalue weighted by atomic mass is 10.1. The first-order valence-corrected chi connectivity index (χ1v) is 11.9. The van der Waals surface area contributed by atoms with Gasteiger partial charge in [0.2, 0.25) is 5.91 Å². The smallest absolute Gasteiger partial charge is 0.265 e. The predicted octanol–water partition coefficient (Wildman–Crippen LogP) is 5.05. The Morgan fingerprint density at radius 1 is 1.12 bits per heavy atom. The van der Waals surface area contributed by atoms with E-state index < -0.39 is 12.1 Å². The van der Waals surface area contributed by atoms with Crippen LogP contribution in [0.25, 0.3) is 10.2 Å². The van der Waals surface area contributed by atoms with Crippen molar-refractivity contribution in [3.8, 4) is 5.75 Å². The van der Waals surface area contributed by atoms with E-state index in [4.69, 9.17) is 4.74 Å². The third-order valence-corrected chi connectivity index (χ3v) is 6.64. The SMILES string of the molecule is CC(Nc1ccc2c(c1)NC(=O)C(C)O2)C(=O)Nc1ccc(Cc2nc3ccccc3s2)cc1. The normalized spacial score (nSPS) is 15.7. The summed E-state index contributed by atoms with van der Waals surface area (Å²) in [5, 5.41) is 9.99. The summed E-state index contributed by atoms with van der Waals surface area (Å²) in [7, 11) is 0. The Balaban J connectivity index is 1.18. The topological polar surface area (TPSA) is 92.4 Å². The lowest BCUT2D eigenvalue weighted by Gasteiger charge is -2.24. The van der Waals surface area contributed by atoms with Gasteiger partial charge in [0.25, 0.3) is 5.91 Å². The number of hydrogen-bond donors (Lipinski definition) is 3. The lowest BCUT2D eigenvalue weighted by Crippen LogP contribution is -2.34. The number of amides is 2. The average Bonchev–Trinajstić information content (AvgIpc) is 3.23. The van der Waals surface area contributed by atoms with E-state index in [1.165, 1.54) is 4.70 Å². The molecule has 1 aliphatic rings. The van der Waals surface area contributed by atoms with Crippen molar-refractivity contribution in [1.29, 1.82) is 0 Å². The van der Waals surface area contributed by atoms with Crippen molar-refractivity contribution in [2.75, 3.05) is 16.0 Å². The van der Waals surface area contributed by atoms with Crippen LogP contribution in [0.15, 0.2) is 66.7 Å². The van der Waals surface area contributed by atoms with Crippen LogP contribution in [0.1, 0.15) is 24.4 Å². The van der Waals surface area contributed by atoms with Gasteiger partial charge in [-0.3, -0.25) is 9.59 Å². The van der Waals surface area contributed by atoms with Gasteiger partial charge >= 0.3 is 0 Å². The Bertz CT molecular complexity index is 1330. The van der Waals surface area contributed by atoms with Crippen molar-refractivity contribution in [3.63, 3.8) is 0 Å². The fourth-order valence-electron chi connectivity index (χ4n) is 3.74. The van der Waals surface area contributed by atoms with Crippen molar-refractivity contribution in [2.45, 2.75) is 32.4 Å². The van der Waals surface area contributed by atoms with Gasteiger partial charge in [0.15, 0.2) is 6.10 Å². The van der Waals surface area contributed by atoms with Crippen molar-refractivity contribution in [2.24, 2.45) is 0 Å². The van der Waals surface area contributed by atoms with Gasteiger partial charge in [-0.2, -0.15) is 0 Å². The molecule has 7 nitrogen and oxygen atoms in total. The molecule has 0 fully saturated rings. The van der Waals surface area contributed by atoms with Gasteiger partial charge in [-0.25, -0.2) is 4.98 Å². The maximum absolute atomic E-state index is 12.7. The predicted molar refractivity (Wildman–Crippen MR) is 136 cm³/mol. The average molecular weight is 473 g/mol. The summed E-state index contributed by atoms with van der Waals surface area (Å²) >= 11 is 1.70. The molecular formula is C26H24N4O3S. The third kappa shape index (κ3) is 4.72. The monoisotopic (exact) mass is 472 g/mol. The van der Waals surface area contributed by atoms with Crippen molar-refractivity contribution in [1.82, 2.24) is 4.98 Å². The number of hydrogen-bond acceptors (Lipinski definition) is 6. The van der Waals surface area contributed by atoms with Crippen LogP contribution in [0.4, 0.5) is 17.1 Å². The molecule has 5 rings (SSSR count). The van der Waals surface area contributed by atoms with E-state index in [2.05, 4.69) is 27.0 Å². The Labute approximate surface area is 201 Å². The van der Waals surface area contributed by atoms with Crippen molar-refractivity contribution >= 4 is 50.4 Å². The van der Waals surface area contributed by atoms with Gasteiger partial charge in [0.1, 0.15) is 11.8 Å². The first-order valence-electron chi connectivity index (χ1n) is 11.1. The van der Waals surface area contributed by atoms with Gasteiger partial charge in [-0.15, -0.1) is 11.3 Å². The van der Waals surface area contributed by atoms with Gasteiger partial charge in [0, 0.05) is 17.8 Å². The molecule has 2 heterocycles. The lowest BCUT2D eigenvalue weighted by molar-refractivity contribution is -0.122. The zero-order chi connectivity index (χ0) is 23.7. The molecule has 3 N–H and O–H groups in total. The second-order valence-electron chi connectivity index (χ2n) is 8.26. The maximum atomic E-state index is 12.7. The van der Waals surface area contributed by atoms with Gasteiger partial charge in [-0.05, 0) is 61.9 Å². The number of carbonyl (C=O) groups is 2. The molecule has 2 atom stereocenters. The molecule has 0 radical (unpaired) electrons. The number of aromatic nitrogens is 1. The van der Waals surface area contributed by atoms with Crippen molar-refractivity contribution < 1.29 is 14.3 Å². The van der Waals surface area contributed by atoms with E-state index in [9.17, 15) is 9.59 Å². The molecule has 2 unspecified atom stereocenters. The number of carbonyl (C=O) groups excluding carboxylic acids is 2. The Hall–Kier alpha value is -3.91. The molecular weight excluding hydrogens is 448 g/mol. The first-order chi connectivity index (χ1) is 16.4. The van der Waals surface area contributed by atoms with Crippen LogP contribution >= 0.6 is 11.3 Å². The molecule has 1 aromatic heterocycles. The zero-order valence-electron chi connectivity index (χ0n) is 18.8. The van der Waals surface area contributed by atoms with Crippen LogP contribution in [0.2, 0.25) is 0 Å². The molecule has 1 aliphatic heterocycles. The summed E-state index contributed by atoms with van der Waals surface area (Å²) in [4.78, 5) is 29.2. The van der Waals surface area contributed by atoms with E-state index >= 15 is 0 Å². The van der Waals surface area contributed by atoms with E-state index in [0.29, 0.717) is 17.1 Å². The van der Waals surface area contributed by atoms with Crippen LogP contribution in [0.3, 0.4) is 0 Å². The highest BCUT2D eigenvalue weighted by Gasteiger charge is 2.24. The molecule has 172 valence electrons. The third-order valence-electron chi connectivity index (χ3n) is 5.60. The molecule has 0 spiro atoms. The summed E-state index contributed by atoms with van der Waals surface area (Å²) < 4.78 is 6.76. The molecule has 2 amide bonds. The number of benzene rings is 3. The van der Waals surface area contributed by atoms with Gasteiger partial charge < -0.3 is 20.7 Å². The highest BCUT2D eigenvalue weighted by Crippen LogP contribution is 2.32.